The van der Waals surface area contributed by atoms with Crippen molar-refractivity contribution in [2.45, 2.75) is 213 Å². The summed E-state index contributed by atoms with van der Waals surface area (Å²) in [6, 6.07) is 0. The van der Waals surface area contributed by atoms with Gasteiger partial charge in [-0.05, 0) is 89.9 Å². The second kappa shape index (κ2) is 48.1. The zero-order chi connectivity index (χ0) is 47.6. The minimum Gasteiger partial charge on any atom is -0.457 e. The first-order valence-electron chi connectivity index (χ1n) is 26.3. The molecule has 0 aromatic rings. The fourth-order valence-corrected chi connectivity index (χ4v) is 7.65. The summed E-state index contributed by atoms with van der Waals surface area (Å²) in [7, 11) is 1.65. The van der Waals surface area contributed by atoms with Crippen molar-refractivity contribution < 1.29 is 37.3 Å². The summed E-state index contributed by atoms with van der Waals surface area (Å²) < 4.78 is 35.2. The number of allylic oxidation sites excluding steroid dienone is 14. The highest BCUT2D eigenvalue weighted by Gasteiger charge is 2.26. The molecule has 1 N–H and O–H groups in total. The third kappa shape index (κ3) is 52.5. The van der Waals surface area contributed by atoms with Crippen molar-refractivity contribution in [3.05, 3.63) is 85.1 Å². The Kier molecular flexibility index (Phi) is 46.4. The number of unbranched alkanes of at least 4 members (excludes halogenated alkanes) is 20. The number of esters is 1. The van der Waals surface area contributed by atoms with Gasteiger partial charge in [0.2, 0.25) is 0 Å². The molecule has 9 heteroatoms. The number of carbonyl (C=O) groups is 1. The van der Waals surface area contributed by atoms with Gasteiger partial charge in [-0.3, -0.25) is 13.8 Å². The first-order chi connectivity index (χ1) is 31.6. The van der Waals surface area contributed by atoms with Crippen LogP contribution in [-0.2, 0) is 27.9 Å². The van der Waals surface area contributed by atoms with Crippen LogP contribution in [0.1, 0.15) is 206 Å². The molecule has 0 radical (unpaired) electrons. The van der Waals surface area contributed by atoms with E-state index in [0.717, 1.165) is 77.0 Å². The normalized spacial score (nSPS) is 14.2. The minimum atomic E-state index is -4.29. The summed E-state index contributed by atoms with van der Waals surface area (Å²) in [6.07, 6.45) is 64.8. The molecule has 0 rings (SSSR count). The summed E-state index contributed by atoms with van der Waals surface area (Å²) >= 11 is 0. The van der Waals surface area contributed by atoms with Crippen LogP contribution >= 0.6 is 7.82 Å². The first kappa shape index (κ1) is 62.7. The number of phosphoric ester groups is 1. The molecule has 0 aromatic carbocycles. The summed E-state index contributed by atoms with van der Waals surface area (Å²) in [5, 5.41) is 0. The van der Waals surface area contributed by atoms with Crippen LogP contribution in [-0.4, -0.2) is 75.6 Å². The van der Waals surface area contributed by atoms with E-state index < -0.39 is 13.9 Å². The van der Waals surface area contributed by atoms with Crippen LogP contribution in [0.4, 0.5) is 0 Å². The van der Waals surface area contributed by atoms with Gasteiger partial charge < -0.3 is 18.9 Å². The van der Waals surface area contributed by atoms with Gasteiger partial charge >= 0.3 is 13.8 Å². The van der Waals surface area contributed by atoms with E-state index in [1.165, 1.54) is 109 Å². The lowest BCUT2D eigenvalue weighted by molar-refractivity contribution is -0.870. The minimum absolute atomic E-state index is 0.0815. The van der Waals surface area contributed by atoms with Crippen molar-refractivity contribution in [1.82, 2.24) is 0 Å². The third-order valence-corrected chi connectivity index (χ3v) is 11.9. The van der Waals surface area contributed by atoms with Crippen molar-refractivity contribution in [1.29, 1.82) is 0 Å². The lowest BCUT2D eigenvalue weighted by atomic mass is 10.1. The number of ether oxygens (including phenoxy) is 2. The van der Waals surface area contributed by atoms with E-state index in [4.69, 9.17) is 18.5 Å². The Balaban J connectivity index is 4.18. The van der Waals surface area contributed by atoms with Gasteiger partial charge in [0.15, 0.2) is 0 Å². The standard InChI is InChI=1S/C56H100NO7P/c1-6-8-10-12-14-16-18-20-22-24-26-28-29-30-31-33-35-37-39-41-43-45-47-49-56(58)64-55(54-63-65(59,60)62-52-50-57(3,4)5)53-61-51-48-46-44-42-40-38-36-34-32-27-25-23-21-19-17-15-13-11-9-7-2/h8,10,14-17,20-23,26,28,30-31,55H,6-7,9,11-13,18-19,24-25,27,29,32-54H2,1-5H3/p+1/b10-8-,16-14-,17-15-,22-20-,23-21-,28-26-,31-30-. The second-order valence-electron chi connectivity index (χ2n) is 18.5. The fraction of sp³-hybridized carbons (Fsp3) is 0.732. The molecule has 2 atom stereocenters. The zero-order valence-corrected chi connectivity index (χ0v) is 43.6. The molecule has 0 aromatic heterocycles. The Labute approximate surface area is 401 Å². The molecule has 65 heavy (non-hydrogen) atoms. The molecule has 0 saturated heterocycles. The SMILES string of the molecule is CC/C=C\C/C=C\C/C=C\C/C=C\C/C=C\CCCCCCCCCC(=O)OC(COCCCCCCCCCCCC/C=C\C/C=C\CCCCC)COP(=O)(O)OCC[N+](C)(C)C. The highest BCUT2D eigenvalue weighted by atomic mass is 31.2. The van der Waals surface area contributed by atoms with E-state index in [9.17, 15) is 14.3 Å². The van der Waals surface area contributed by atoms with E-state index in [0.29, 0.717) is 24.1 Å². The highest BCUT2D eigenvalue weighted by molar-refractivity contribution is 7.47. The van der Waals surface area contributed by atoms with E-state index >= 15 is 0 Å². The van der Waals surface area contributed by atoms with Crippen molar-refractivity contribution in [3.63, 3.8) is 0 Å². The first-order valence-corrected chi connectivity index (χ1v) is 27.8. The number of nitrogens with zero attached hydrogens (tertiary/aromatic N) is 1. The fourth-order valence-electron chi connectivity index (χ4n) is 6.90. The largest absolute Gasteiger partial charge is 0.472 e. The Morgan fingerprint density at radius 3 is 1.34 bits per heavy atom. The van der Waals surface area contributed by atoms with Gasteiger partial charge in [0.25, 0.3) is 0 Å². The van der Waals surface area contributed by atoms with E-state index in [1.807, 2.05) is 21.1 Å². The zero-order valence-electron chi connectivity index (χ0n) is 42.7. The molecule has 0 amide bonds. The molecule has 0 saturated carbocycles. The monoisotopic (exact) mass is 931 g/mol. The molecular formula is C56H101NO7P+. The average Bonchev–Trinajstić information content (AvgIpc) is 3.27. The number of carbonyl (C=O) groups excluding carboxylic acids is 1. The summed E-state index contributed by atoms with van der Waals surface area (Å²) in [4.78, 5) is 23.0. The quantitative estimate of drug-likeness (QED) is 0.0214. The molecule has 0 fully saturated rings. The van der Waals surface area contributed by atoms with Gasteiger partial charge in [-0.2, -0.15) is 0 Å². The van der Waals surface area contributed by atoms with Crippen LogP contribution in [0.25, 0.3) is 0 Å². The summed E-state index contributed by atoms with van der Waals surface area (Å²) in [5.74, 6) is -0.328. The van der Waals surface area contributed by atoms with Crippen molar-refractivity contribution in [3.8, 4) is 0 Å². The molecule has 0 aliphatic heterocycles. The molecule has 0 spiro atoms. The van der Waals surface area contributed by atoms with Crippen molar-refractivity contribution in [2.24, 2.45) is 0 Å². The topological polar surface area (TPSA) is 91.3 Å². The highest BCUT2D eigenvalue weighted by Crippen LogP contribution is 2.43. The molecule has 0 heterocycles. The van der Waals surface area contributed by atoms with Crippen LogP contribution in [0.3, 0.4) is 0 Å². The maximum absolute atomic E-state index is 12.8. The Morgan fingerprint density at radius 1 is 0.492 bits per heavy atom. The van der Waals surface area contributed by atoms with Gasteiger partial charge in [0.1, 0.15) is 19.3 Å². The summed E-state index contributed by atoms with van der Waals surface area (Å²) in [6.45, 7) is 5.46. The van der Waals surface area contributed by atoms with Gasteiger partial charge in [-0.1, -0.05) is 195 Å². The molecule has 0 bridgehead atoms. The molecule has 376 valence electrons. The smallest absolute Gasteiger partial charge is 0.457 e. The number of likely N-dealkylation sites (N-methyl/N-ethyl adjacent to an activating group) is 1. The molecule has 0 aliphatic rings. The van der Waals surface area contributed by atoms with E-state index in [1.54, 1.807) is 0 Å². The maximum atomic E-state index is 12.8. The van der Waals surface area contributed by atoms with Crippen LogP contribution in [0.5, 0.6) is 0 Å². The van der Waals surface area contributed by atoms with Crippen LogP contribution in [0.2, 0.25) is 0 Å². The second-order valence-corrected chi connectivity index (χ2v) is 20.0. The van der Waals surface area contributed by atoms with Crippen LogP contribution in [0.15, 0.2) is 85.1 Å². The van der Waals surface area contributed by atoms with Gasteiger partial charge in [-0.25, -0.2) is 4.57 Å². The van der Waals surface area contributed by atoms with Crippen molar-refractivity contribution >= 4 is 13.8 Å². The summed E-state index contributed by atoms with van der Waals surface area (Å²) in [5.41, 5.74) is 0. The lowest BCUT2D eigenvalue weighted by Gasteiger charge is -2.24. The number of quaternary nitrogens is 1. The van der Waals surface area contributed by atoms with E-state index in [2.05, 4.69) is 98.9 Å². The molecular weight excluding hydrogens is 830 g/mol. The van der Waals surface area contributed by atoms with E-state index in [-0.39, 0.29) is 25.8 Å². The lowest BCUT2D eigenvalue weighted by Crippen LogP contribution is -2.37. The van der Waals surface area contributed by atoms with Gasteiger partial charge in [0.05, 0.1) is 34.4 Å². The molecule has 2 unspecified atom stereocenters. The maximum Gasteiger partial charge on any atom is 0.472 e. The number of phosphoric acid groups is 1. The Morgan fingerprint density at radius 2 is 0.892 bits per heavy atom. The predicted molar refractivity (Wildman–Crippen MR) is 279 cm³/mol. The molecule has 8 nitrogen and oxygen atoms in total. The van der Waals surface area contributed by atoms with Gasteiger partial charge in [-0.15, -0.1) is 0 Å². The molecule has 0 aliphatic carbocycles. The van der Waals surface area contributed by atoms with Crippen molar-refractivity contribution in [2.75, 3.05) is 54.1 Å². The Hall–Kier alpha value is -2.32. The number of hydrogen-bond donors (Lipinski definition) is 1. The Bertz CT molecular complexity index is 1310. The van der Waals surface area contributed by atoms with Crippen LogP contribution in [0, 0.1) is 0 Å². The van der Waals surface area contributed by atoms with Crippen LogP contribution < -0.4 is 0 Å². The predicted octanol–water partition coefficient (Wildman–Crippen LogP) is 16.4. The third-order valence-electron chi connectivity index (χ3n) is 10.9. The number of hydrogen-bond acceptors (Lipinski definition) is 6. The number of rotatable bonds is 48. The average molecular weight is 931 g/mol. The van der Waals surface area contributed by atoms with Gasteiger partial charge in [0, 0.05) is 13.0 Å².